The van der Waals surface area contributed by atoms with Gasteiger partial charge in [-0.15, -0.1) is 0 Å². The SMILES string of the molecule is O=C(O)c1ccc(Sc2ccc([N+](=O)[O-])cc2)cc1. The standard InChI is InChI=1S/C13H9NO4S/c15-13(16)9-1-5-11(6-2-9)19-12-7-3-10(4-8-12)14(17)18/h1-8H,(H,15,16). The minimum absolute atomic E-state index is 0.0468. The van der Waals surface area contributed by atoms with Crippen molar-refractivity contribution in [1.82, 2.24) is 0 Å². The first-order valence-electron chi connectivity index (χ1n) is 5.32. The quantitative estimate of drug-likeness (QED) is 0.682. The van der Waals surface area contributed by atoms with Crippen LogP contribution in [0.1, 0.15) is 10.4 Å². The molecule has 0 aliphatic rings. The first-order chi connectivity index (χ1) is 9.06. The van der Waals surface area contributed by atoms with Crippen molar-refractivity contribution in [2.24, 2.45) is 0 Å². The van der Waals surface area contributed by atoms with E-state index in [1.165, 1.54) is 36.0 Å². The second kappa shape index (κ2) is 5.53. The molecular formula is C13H9NO4S. The van der Waals surface area contributed by atoms with Crippen molar-refractivity contribution in [2.45, 2.75) is 9.79 Å². The highest BCUT2D eigenvalue weighted by Crippen LogP contribution is 2.29. The van der Waals surface area contributed by atoms with E-state index < -0.39 is 10.9 Å². The van der Waals surface area contributed by atoms with Crippen LogP contribution in [0.25, 0.3) is 0 Å². The van der Waals surface area contributed by atoms with Gasteiger partial charge in [0, 0.05) is 21.9 Å². The number of nitro benzene ring substituents is 1. The lowest BCUT2D eigenvalue weighted by Crippen LogP contribution is -1.94. The third-order valence-electron chi connectivity index (χ3n) is 2.38. The molecule has 0 aliphatic carbocycles. The summed E-state index contributed by atoms with van der Waals surface area (Å²) in [7, 11) is 0. The number of carboxylic acids is 1. The van der Waals surface area contributed by atoms with Crippen LogP contribution in [0.4, 0.5) is 5.69 Å². The van der Waals surface area contributed by atoms with Crippen LogP contribution in [0.5, 0.6) is 0 Å². The lowest BCUT2D eigenvalue weighted by atomic mass is 10.2. The van der Waals surface area contributed by atoms with E-state index in [2.05, 4.69) is 0 Å². The molecule has 0 fully saturated rings. The molecular weight excluding hydrogens is 266 g/mol. The number of benzene rings is 2. The number of non-ortho nitro benzene ring substituents is 1. The molecule has 0 aliphatic heterocycles. The highest BCUT2D eigenvalue weighted by Gasteiger charge is 2.06. The number of hydrogen-bond donors (Lipinski definition) is 1. The van der Waals surface area contributed by atoms with Crippen molar-refractivity contribution in [1.29, 1.82) is 0 Å². The minimum Gasteiger partial charge on any atom is -0.478 e. The van der Waals surface area contributed by atoms with Crippen LogP contribution >= 0.6 is 11.8 Å². The van der Waals surface area contributed by atoms with E-state index in [1.54, 1.807) is 24.3 Å². The predicted octanol–water partition coefficient (Wildman–Crippen LogP) is 3.44. The van der Waals surface area contributed by atoms with Crippen LogP contribution < -0.4 is 0 Å². The number of nitro groups is 1. The average Bonchev–Trinajstić information content (AvgIpc) is 2.40. The molecule has 0 aromatic heterocycles. The zero-order chi connectivity index (χ0) is 13.8. The van der Waals surface area contributed by atoms with Crippen LogP contribution in [-0.4, -0.2) is 16.0 Å². The van der Waals surface area contributed by atoms with Crippen LogP contribution in [0, 0.1) is 10.1 Å². The van der Waals surface area contributed by atoms with Crippen LogP contribution in [0.15, 0.2) is 58.3 Å². The summed E-state index contributed by atoms with van der Waals surface area (Å²) in [5, 5.41) is 19.3. The van der Waals surface area contributed by atoms with Crippen molar-refractivity contribution in [3.05, 3.63) is 64.2 Å². The van der Waals surface area contributed by atoms with Gasteiger partial charge in [0.1, 0.15) is 0 Å². The molecule has 0 heterocycles. The molecule has 2 aromatic carbocycles. The zero-order valence-corrected chi connectivity index (χ0v) is 10.5. The molecule has 19 heavy (non-hydrogen) atoms. The molecule has 6 heteroatoms. The van der Waals surface area contributed by atoms with E-state index in [0.29, 0.717) is 0 Å². The molecule has 0 amide bonds. The fourth-order valence-electron chi connectivity index (χ4n) is 1.44. The van der Waals surface area contributed by atoms with Gasteiger partial charge in [0.2, 0.25) is 0 Å². The monoisotopic (exact) mass is 275 g/mol. The molecule has 2 aromatic rings. The summed E-state index contributed by atoms with van der Waals surface area (Å²) in [6.07, 6.45) is 0. The Hall–Kier alpha value is -2.34. The van der Waals surface area contributed by atoms with E-state index in [-0.39, 0.29) is 11.3 Å². The fourth-order valence-corrected chi connectivity index (χ4v) is 2.25. The molecule has 0 spiro atoms. The van der Waals surface area contributed by atoms with Crippen molar-refractivity contribution in [2.75, 3.05) is 0 Å². The van der Waals surface area contributed by atoms with Gasteiger partial charge < -0.3 is 5.11 Å². The van der Waals surface area contributed by atoms with Crippen LogP contribution in [0.3, 0.4) is 0 Å². The summed E-state index contributed by atoms with van der Waals surface area (Å²) >= 11 is 1.41. The van der Waals surface area contributed by atoms with Gasteiger partial charge in [-0.05, 0) is 36.4 Å². The highest BCUT2D eigenvalue weighted by molar-refractivity contribution is 7.99. The predicted molar refractivity (Wildman–Crippen MR) is 70.6 cm³/mol. The van der Waals surface area contributed by atoms with E-state index in [1.807, 2.05) is 0 Å². The topological polar surface area (TPSA) is 80.4 Å². The second-order valence-electron chi connectivity index (χ2n) is 3.68. The number of nitrogens with zero attached hydrogens (tertiary/aromatic N) is 1. The lowest BCUT2D eigenvalue weighted by Gasteiger charge is -2.02. The Morgan fingerprint density at radius 3 is 1.89 bits per heavy atom. The molecule has 0 saturated heterocycles. The summed E-state index contributed by atoms with van der Waals surface area (Å²) in [5.41, 5.74) is 0.277. The first kappa shape index (κ1) is 13.1. The second-order valence-corrected chi connectivity index (χ2v) is 4.83. The third-order valence-corrected chi connectivity index (χ3v) is 3.40. The molecule has 5 nitrogen and oxygen atoms in total. The maximum atomic E-state index is 10.7. The molecule has 96 valence electrons. The van der Waals surface area contributed by atoms with Gasteiger partial charge in [0.05, 0.1) is 10.5 Å². The fraction of sp³-hybridized carbons (Fsp3) is 0. The minimum atomic E-state index is -0.966. The van der Waals surface area contributed by atoms with E-state index >= 15 is 0 Å². The maximum Gasteiger partial charge on any atom is 0.335 e. The Bertz CT molecular complexity index is 552. The molecule has 0 unspecified atom stereocenters. The van der Waals surface area contributed by atoms with Crippen molar-refractivity contribution < 1.29 is 14.8 Å². The normalized spacial score (nSPS) is 10.1. The summed E-state index contributed by atoms with van der Waals surface area (Å²) < 4.78 is 0. The Morgan fingerprint density at radius 1 is 1.00 bits per heavy atom. The smallest absolute Gasteiger partial charge is 0.335 e. The average molecular weight is 275 g/mol. The van der Waals surface area contributed by atoms with Crippen molar-refractivity contribution in [3.63, 3.8) is 0 Å². The summed E-state index contributed by atoms with van der Waals surface area (Å²) in [5.74, 6) is -0.966. The van der Waals surface area contributed by atoms with E-state index in [4.69, 9.17) is 5.11 Å². The number of hydrogen-bond acceptors (Lipinski definition) is 4. The first-order valence-corrected chi connectivity index (χ1v) is 6.13. The Kier molecular flexibility index (Phi) is 3.82. The Morgan fingerprint density at radius 2 is 1.47 bits per heavy atom. The van der Waals surface area contributed by atoms with Crippen LogP contribution in [0.2, 0.25) is 0 Å². The van der Waals surface area contributed by atoms with Crippen molar-refractivity contribution >= 4 is 23.4 Å². The van der Waals surface area contributed by atoms with E-state index in [9.17, 15) is 14.9 Å². The number of rotatable bonds is 4. The molecule has 2 rings (SSSR count). The molecule has 0 radical (unpaired) electrons. The van der Waals surface area contributed by atoms with Gasteiger partial charge in [-0.2, -0.15) is 0 Å². The van der Waals surface area contributed by atoms with Gasteiger partial charge >= 0.3 is 5.97 Å². The molecule has 0 atom stereocenters. The summed E-state index contributed by atoms with van der Waals surface area (Å²) in [4.78, 5) is 22.5. The van der Waals surface area contributed by atoms with E-state index in [0.717, 1.165) is 9.79 Å². The Labute approximate surface area is 113 Å². The summed E-state index contributed by atoms with van der Waals surface area (Å²) in [6.45, 7) is 0. The zero-order valence-electron chi connectivity index (χ0n) is 9.65. The molecule has 0 saturated carbocycles. The lowest BCUT2D eigenvalue weighted by molar-refractivity contribution is -0.384. The number of aromatic carboxylic acids is 1. The van der Waals surface area contributed by atoms with Gasteiger partial charge in [-0.3, -0.25) is 10.1 Å². The molecule has 1 N–H and O–H groups in total. The maximum absolute atomic E-state index is 10.7. The van der Waals surface area contributed by atoms with Gasteiger partial charge in [0.25, 0.3) is 5.69 Å². The Balaban J connectivity index is 2.12. The van der Waals surface area contributed by atoms with Gasteiger partial charge in [-0.25, -0.2) is 4.79 Å². The van der Waals surface area contributed by atoms with Crippen LogP contribution in [-0.2, 0) is 0 Å². The van der Waals surface area contributed by atoms with Crippen molar-refractivity contribution in [3.8, 4) is 0 Å². The molecule has 0 bridgehead atoms. The third kappa shape index (κ3) is 3.32. The number of carboxylic acid groups (broad SMARTS) is 1. The summed E-state index contributed by atoms with van der Waals surface area (Å²) in [6, 6.07) is 12.7. The van der Waals surface area contributed by atoms with Gasteiger partial charge in [0.15, 0.2) is 0 Å². The number of carbonyl (C=O) groups is 1. The highest BCUT2D eigenvalue weighted by atomic mass is 32.2. The largest absolute Gasteiger partial charge is 0.478 e. The van der Waals surface area contributed by atoms with Gasteiger partial charge in [-0.1, -0.05) is 11.8 Å².